The molecule has 0 heterocycles. The van der Waals surface area contributed by atoms with Gasteiger partial charge in [-0.1, -0.05) is 112 Å². The van der Waals surface area contributed by atoms with Gasteiger partial charge in [-0.2, -0.15) is 0 Å². The highest BCUT2D eigenvalue weighted by Gasteiger charge is 2.32. The summed E-state index contributed by atoms with van der Waals surface area (Å²) in [5, 5.41) is 0. The van der Waals surface area contributed by atoms with Crippen molar-refractivity contribution in [3.05, 3.63) is 83.9 Å². The highest BCUT2D eigenvalue weighted by Crippen LogP contribution is 2.36. The molecule has 0 radical (unpaired) electrons. The van der Waals surface area contributed by atoms with E-state index < -0.39 is 19.2 Å². The van der Waals surface area contributed by atoms with Crippen molar-refractivity contribution in [1.82, 2.24) is 0 Å². The minimum absolute atomic E-state index is 0.245. The molecule has 3 aromatic carbocycles. The molecule has 3 aromatic rings. The maximum atomic E-state index is 12.1. The Morgan fingerprint density at radius 3 is 1.55 bits per heavy atom. The van der Waals surface area contributed by atoms with Gasteiger partial charge in [-0.3, -0.25) is 9.59 Å². The Labute approximate surface area is 208 Å². The van der Waals surface area contributed by atoms with Crippen molar-refractivity contribution in [2.45, 2.75) is 7.59 Å². The average molecular weight is 537 g/mol. The van der Waals surface area contributed by atoms with E-state index in [1.165, 1.54) is 12.1 Å². The Morgan fingerprint density at radius 1 is 0.613 bits per heavy atom. The van der Waals surface area contributed by atoms with Crippen molar-refractivity contribution in [3.63, 3.8) is 0 Å². The summed E-state index contributed by atoms with van der Waals surface area (Å²) >= 11 is 33.9. The van der Waals surface area contributed by atoms with Gasteiger partial charge in [0.05, 0.1) is 0 Å². The number of carbonyl (C=O) groups is 2. The first kappa shape index (κ1) is 24.2. The Morgan fingerprint density at radius 2 is 1.06 bits per heavy atom. The standard InChI is InChI=1S/C22H12Cl6O3/c23-21(24,25)19(29)14-7-5-13(6-8-14)17-3-1-2-4-18(17)31-16-11-9-15(10-12-16)20(30)22(26,27)28/h1-12H. The van der Waals surface area contributed by atoms with E-state index >= 15 is 0 Å². The Bertz CT molecular complexity index is 1100. The van der Waals surface area contributed by atoms with Gasteiger partial charge in [-0.15, -0.1) is 0 Å². The molecule has 0 spiro atoms. The van der Waals surface area contributed by atoms with Gasteiger partial charge in [0.25, 0.3) is 7.59 Å². The first-order valence-corrected chi connectivity index (χ1v) is 10.9. The minimum Gasteiger partial charge on any atom is -0.457 e. The fourth-order valence-corrected chi connectivity index (χ4v) is 3.38. The summed E-state index contributed by atoms with van der Waals surface area (Å²) in [6.07, 6.45) is 0. The molecule has 0 aromatic heterocycles. The van der Waals surface area contributed by atoms with Crippen molar-refractivity contribution in [2.75, 3.05) is 0 Å². The summed E-state index contributed by atoms with van der Waals surface area (Å²) < 4.78 is 1.92. The van der Waals surface area contributed by atoms with Crippen LogP contribution in [-0.2, 0) is 0 Å². The van der Waals surface area contributed by atoms with E-state index in [1.54, 1.807) is 42.5 Å². The van der Waals surface area contributed by atoms with E-state index in [1.807, 2.05) is 18.2 Å². The Balaban J connectivity index is 1.85. The maximum Gasteiger partial charge on any atom is 0.253 e. The molecule has 0 aliphatic carbocycles. The third-order valence-corrected chi connectivity index (χ3v) is 5.23. The van der Waals surface area contributed by atoms with Crippen molar-refractivity contribution >= 4 is 81.2 Å². The van der Waals surface area contributed by atoms with E-state index in [-0.39, 0.29) is 11.1 Å². The predicted octanol–water partition coefficient (Wildman–Crippen LogP) is 8.25. The van der Waals surface area contributed by atoms with E-state index in [2.05, 4.69) is 0 Å². The van der Waals surface area contributed by atoms with Crippen LogP contribution in [-0.4, -0.2) is 19.2 Å². The van der Waals surface area contributed by atoms with Gasteiger partial charge in [-0.05, 0) is 35.9 Å². The van der Waals surface area contributed by atoms with E-state index in [0.29, 0.717) is 11.5 Å². The Hall–Kier alpha value is -1.46. The minimum atomic E-state index is -2.03. The number of Topliss-reactive ketones (excluding diaryl/α,β-unsaturated/α-hetero) is 2. The van der Waals surface area contributed by atoms with Crippen LogP contribution in [0.5, 0.6) is 11.5 Å². The van der Waals surface area contributed by atoms with Crippen LogP contribution in [0.4, 0.5) is 0 Å². The zero-order chi connectivity index (χ0) is 22.8. The molecule has 0 saturated carbocycles. The summed E-state index contributed by atoms with van der Waals surface area (Å²) in [5.41, 5.74) is 2.09. The summed E-state index contributed by atoms with van der Waals surface area (Å²) in [4.78, 5) is 24.1. The third kappa shape index (κ3) is 6.07. The number of benzene rings is 3. The second kappa shape index (κ2) is 9.58. The number of para-hydroxylation sites is 1. The average Bonchev–Trinajstić information content (AvgIpc) is 2.72. The topological polar surface area (TPSA) is 43.4 Å². The monoisotopic (exact) mass is 534 g/mol. The van der Waals surface area contributed by atoms with E-state index in [0.717, 1.165) is 11.1 Å². The van der Waals surface area contributed by atoms with Gasteiger partial charge in [-0.25, -0.2) is 0 Å². The largest absolute Gasteiger partial charge is 0.457 e. The lowest BCUT2D eigenvalue weighted by molar-refractivity contribution is 0.0988. The lowest BCUT2D eigenvalue weighted by Crippen LogP contribution is -2.18. The molecule has 0 N–H and O–H groups in total. The van der Waals surface area contributed by atoms with Crippen LogP contribution in [0.2, 0.25) is 0 Å². The predicted molar refractivity (Wildman–Crippen MR) is 128 cm³/mol. The molecule has 0 fully saturated rings. The van der Waals surface area contributed by atoms with E-state index in [4.69, 9.17) is 74.3 Å². The number of hydrogen-bond donors (Lipinski definition) is 0. The molecule has 0 unspecified atom stereocenters. The lowest BCUT2D eigenvalue weighted by Gasteiger charge is -2.14. The molecule has 0 bridgehead atoms. The fraction of sp³-hybridized carbons (Fsp3) is 0.0909. The smallest absolute Gasteiger partial charge is 0.253 e. The third-order valence-electron chi connectivity index (χ3n) is 4.20. The zero-order valence-corrected chi connectivity index (χ0v) is 20.0. The number of carbonyl (C=O) groups excluding carboxylic acids is 2. The SMILES string of the molecule is O=C(c1ccc(Oc2ccccc2-c2ccc(C(=O)C(Cl)(Cl)Cl)cc2)cc1)C(Cl)(Cl)Cl. The summed E-state index contributed by atoms with van der Waals surface area (Å²) in [7, 11) is 0. The number of ether oxygens (including phenoxy) is 1. The van der Waals surface area contributed by atoms with Gasteiger partial charge in [0.15, 0.2) is 0 Å². The highest BCUT2D eigenvalue weighted by atomic mass is 35.6. The normalized spacial score (nSPS) is 11.8. The summed E-state index contributed by atoms with van der Waals surface area (Å²) in [5.74, 6) is -0.202. The molecule has 3 nitrogen and oxygen atoms in total. The molecule has 160 valence electrons. The van der Waals surface area contributed by atoms with Crippen molar-refractivity contribution < 1.29 is 14.3 Å². The molecule has 9 heteroatoms. The molecule has 0 aliphatic heterocycles. The number of alkyl halides is 6. The van der Waals surface area contributed by atoms with Crippen LogP contribution in [0.15, 0.2) is 72.8 Å². The number of ketones is 2. The highest BCUT2D eigenvalue weighted by molar-refractivity contribution is 6.78. The van der Waals surface area contributed by atoms with Gasteiger partial charge in [0.2, 0.25) is 11.6 Å². The maximum absolute atomic E-state index is 12.1. The fourth-order valence-electron chi connectivity index (χ4n) is 2.72. The van der Waals surface area contributed by atoms with Gasteiger partial charge >= 0.3 is 0 Å². The zero-order valence-electron chi connectivity index (χ0n) is 15.4. The number of halogens is 6. The number of hydrogen-bond acceptors (Lipinski definition) is 3. The van der Waals surface area contributed by atoms with E-state index in [9.17, 15) is 9.59 Å². The molecule has 0 amide bonds. The van der Waals surface area contributed by atoms with Crippen LogP contribution in [0.3, 0.4) is 0 Å². The van der Waals surface area contributed by atoms with Gasteiger partial charge < -0.3 is 4.74 Å². The van der Waals surface area contributed by atoms with Crippen molar-refractivity contribution in [1.29, 1.82) is 0 Å². The first-order valence-electron chi connectivity index (χ1n) is 8.67. The second-order valence-electron chi connectivity index (χ2n) is 6.35. The van der Waals surface area contributed by atoms with Crippen molar-refractivity contribution in [2.24, 2.45) is 0 Å². The Kier molecular flexibility index (Phi) is 7.47. The lowest BCUT2D eigenvalue weighted by atomic mass is 10.0. The molecule has 3 rings (SSSR count). The van der Waals surface area contributed by atoms with Gasteiger partial charge in [0, 0.05) is 16.7 Å². The molecule has 31 heavy (non-hydrogen) atoms. The van der Waals surface area contributed by atoms with Crippen LogP contribution >= 0.6 is 69.6 Å². The van der Waals surface area contributed by atoms with Crippen LogP contribution in [0.1, 0.15) is 20.7 Å². The van der Waals surface area contributed by atoms with Crippen molar-refractivity contribution in [3.8, 4) is 22.6 Å². The first-order chi connectivity index (χ1) is 14.5. The van der Waals surface area contributed by atoms with Crippen LogP contribution in [0.25, 0.3) is 11.1 Å². The molecular formula is C22H12Cl6O3. The number of rotatable bonds is 5. The second-order valence-corrected chi connectivity index (χ2v) is 10.9. The summed E-state index contributed by atoms with van der Waals surface area (Å²) in [6, 6.07) is 20.2. The molecule has 0 aliphatic rings. The summed E-state index contributed by atoms with van der Waals surface area (Å²) in [6.45, 7) is 0. The molecule has 0 saturated heterocycles. The molecule has 0 atom stereocenters. The quantitative estimate of drug-likeness (QED) is 0.243. The van der Waals surface area contributed by atoms with Crippen LogP contribution in [0, 0.1) is 0 Å². The van der Waals surface area contributed by atoms with Crippen LogP contribution < -0.4 is 4.74 Å². The molecular weight excluding hydrogens is 525 g/mol. The van der Waals surface area contributed by atoms with Gasteiger partial charge in [0.1, 0.15) is 11.5 Å².